The molecule has 0 aliphatic heterocycles. The van der Waals surface area contributed by atoms with Gasteiger partial charge in [0.1, 0.15) is 16.9 Å². The fourth-order valence-corrected chi connectivity index (χ4v) is 3.18. The van der Waals surface area contributed by atoms with E-state index in [1.807, 2.05) is 24.3 Å². The number of rotatable bonds is 4. The lowest BCUT2D eigenvalue weighted by Crippen LogP contribution is -2.14. The van der Waals surface area contributed by atoms with Crippen LogP contribution in [0.1, 0.15) is 15.9 Å². The zero-order valence-corrected chi connectivity index (χ0v) is 15.2. The first-order valence-corrected chi connectivity index (χ1v) is 8.53. The number of nitrogens with one attached hydrogen (secondary N) is 1. The van der Waals surface area contributed by atoms with Crippen molar-refractivity contribution in [2.24, 2.45) is 0 Å². The Balaban J connectivity index is 1.77. The molecule has 1 amide bonds. The van der Waals surface area contributed by atoms with Crippen molar-refractivity contribution in [3.63, 3.8) is 0 Å². The normalized spacial score (nSPS) is 10.9. The largest absolute Gasteiger partial charge is 0.495 e. The zero-order chi connectivity index (χ0) is 19.8. The quantitative estimate of drug-likeness (QED) is 0.397. The van der Waals surface area contributed by atoms with Crippen molar-refractivity contribution >= 4 is 39.2 Å². The molecule has 7 heteroatoms. The first-order valence-electron chi connectivity index (χ1n) is 8.53. The highest BCUT2D eigenvalue weighted by atomic mass is 16.6. The van der Waals surface area contributed by atoms with Crippen LogP contribution in [-0.2, 0) is 0 Å². The van der Waals surface area contributed by atoms with Crippen molar-refractivity contribution in [3.8, 4) is 5.75 Å². The van der Waals surface area contributed by atoms with Crippen LogP contribution in [0.25, 0.3) is 21.9 Å². The molecule has 0 radical (unpaired) electrons. The Hall–Kier alpha value is -3.87. The molecule has 1 aromatic heterocycles. The van der Waals surface area contributed by atoms with Gasteiger partial charge in [-0.25, -0.2) is 0 Å². The number of carbonyl (C=O) groups is 1. The fraction of sp³-hybridized carbons (Fsp3) is 0.0952. The smallest absolute Gasteiger partial charge is 0.270 e. The van der Waals surface area contributed by atoms with Crippen LogP contribution in [0.15, 0.2) is 59.0 Å². The van der Waals surface area contributed by atoms with E-state index in [9.17, 15) is 14.9 Å². The van der Waals surface area contributed by atoms with Gasteiger partial charge in [0.05, 0.1) is 17.7 Å². The summed E-state index contributed by atoms with van der Waals surface area (Å²) in [6.45, 7) is 1.72. The van der Waals surface area contributed by atoms with Gasteiger partial charge in [0.2, 0.25) is 0 Å². The number of carbonyl (C=O) groups excluding carboxylic acids is 1. The maximum absolute atomic E-state index is 12.8. The molecule has 0 bridgehead atoms. The predicted molar refractivity (Wildman–Crippen MR) is 106 cm³/mol. The van der Waals surface area contributed by atoms with Crippen molar-refractivity contribution in [3.05, 3.63) is 75.8 Å². The van der Waals surface area contributed by atoms with Crippen molar-refractivity contribution in [2.45, 2.75) is 6.92 Å². The highest BCUT2D eigenvalue weighted by Gasteiger charge is 2.18. The number of fused-ring (bicyclic) bond motifs is 3. The van der Waals surface area contributed by atoms with Crippen LogP contribution in [0.4, 0.5) is 11.4 Å². The summed E-state index contributed by atoms with van der Waals surface area (Å²) in [6.07, 6.45) is 0. The summed E-state index contributed by atoms with van der Waals surface area (Å²) in [5.74, 6) is 0.00504. The highest BCUT2D eigenvalue weighted by molar-refractivity contribution is 6.10. The number of nitro groups is 1. The van der Waals surface area contributed by atoms with Crippen molar-refractivity contribution < 1.29 is 18.9 Å². The first-order chi connectivity index (χ1) is 13.5. The average Bonchev–Trinajstić information content (AvgIpc) is 3.04. The van der Waals surface area contributed by atoms with E-state index in [-0.39, 0.29) is 11.3 Å². The third kappa shape index (κ3) is 2.92. The number of hydrogen-bond donors (Lipinski definition) is 1. The summed E-state index contributed by atoms with van der Waals surface area (Å²) in [4.78, 5) is 23.3. The van der Waals surface area contributed by atoms with E-state index in [0.717, 1.165) is 16.4 Å². The number of hydrogen-bond acceptors (Lipinski definition) is 5. The molecule has 0 saturated carbocycles. The van der Waals surface area contributed by atoms with E-state index in [1.54, 1.807) is 25.1 Å². The first kappa shape index (κ1) is 17.5. The standard InChI is InChI=1S/C21H16N2O5/c1-12-7-8-13(23(25)26)9-15(12)21(24)22-17-11-19-16(10-20(17)27-2)14-5-3-4-6-18(14)28-19/h3-11H,1-2H3,(H,22,24). The van der Waals surface area contributed by atoms with Crippen molar-refractivity contribution in [1.29, 1.82) is 0 Å². The molecule has 0 spiro atoms. The number of nitro benzene ring substituents is 1. The fourth-order valence-electron chi connectivity index (χ4n) is 3.18. The monoisotopic (exact) mass is 376 g/mol. The van der Waals surface area contributed by atoms with Crippen LogP contribution in [0.3, 0.4) is 0 Å². The van der Waals surface area contributed by atoms with E-state index < -0.39 is 10.8 Å². The third-order valence-electron chi connectivity index (χ3n) is 4.62. The molecule has 140 valence electrons. The van der Waals surface area contributed by atoms with Gasteiger partial charge in [-0.3, -0.25) is 14.9 Å². The zero-order valence-electron chi connectivity index (χ0n) is 15.2. The van der Waals surface area contributed by atoms with E-state index in [0.29, 0.717) is 22.6 Å². The molecule has 3 aromatic carbocycles. The molecule has 0 fully saturated rings. The van der Waals surface area contributed by atoms with Crippen molar-refractivity contribution in [1.82, 2.24) is 0 Å². The molecule has 1 heterocycles. The summed E-state index contributed by atoms with van der Waals surface area (Å²) in [5, 5.41) is 15.6. The molecule has 4 rings (SSSR count). The predicted octanol–water partition coefficient (Wildman–Crippen LogP) is 5.06. The number of amides is 1. The summed E-state index contributed by atoms with van der Waals surface area (Å²) < 4.78 is 11.3. The van der Waals surface area contributed by atoms with Crippen LogP contribution in [0.5, 0.6) is 5.75 Å². The van der Waals surface area contributed by atoms with Gasteiger partial charge in [-0.1, -0.05) is 24.3 Å². The Bertz CT molecular complexity index is 1240. The van der Waals surface area contributed by atoms with Crippen LogP contribution in [-0.4, -0.2) is 17.9 Å². The summed E-state index contributed by atoms with van der Waals surface area (Å²) in [5.41, 5.74) is 2.47. The number of anilines is 1. The number of para-hydroxylation sites is 1. The number of methoxy groups -OCH3 is 1. The average molecular weight is 376 g/mol. The van der Waals surface area contributed by atoms with Gasteiger partial charge in [0.15, 0.2) is 0 Å². The van der Waals surface area contributed by atoms with Crippen LogP contribution in [0.2, 0.25) is 0 Å². The molecule has 4 aromatic rings. The second-order valence-electron chi connectivity index (χ2n) is 6.36. The minimum atomic E-state index is -0.530. The Morgan fingerprint density at radius 2 is 1.86 bits per heavy atom. The second-order valence-corrected chi connectivity index (χ2v) is 6.36. The molecular formula is C21H16N2O5. The van der Waals surface area contributed by atoms with Gasteiger partial charge in [0.25, 0.3) is 11.6 Å². The molecule has 0 unspecified atom stereocenters. The molecule has 0 atom stereocenters. The SMILES string of the molecule is COc1cc2c(cc1NC(=O)c1cc([N+](=O)[O-])ccc1C)oc1ccccc12. The maximum Gasteiger partial charge on any atom is 0.270 e. The minimum absolute atomic E-state index is 0.143. The van der Waals surface area contributed by atoms with Crippen LogP contribution < -0.4 is 10.1 Å². The number of non-ortho nitro benzene ring substituents is 1. The van der Waals surface area contributed by atoms with E-state index in [4.69, 9.17) is 9.15 Å². The lowest BCUT2D eigenvalue weighted by atomic mass is 10.1. The van der Waals surface area contributed by atoms with Gasteiger partial charge in [-0.05, 0) is 24.6 Å². The Kier molecular flexibility index (Phi) is 4.19. The summed E-state index contributed by atoms with van der Waals surface area (Å²) >= 11 is 0. The molecule has 28 heavy (non-hydrogen) atoms. The van der Waals surface area contributed by atoms with Crippen molar-refractivity contribution in [2.75, 3.05) is 12.4 Å². The molecule has 7 nitrogen and oxygen atoms in total. The summed E-state index contributed by atoms with van der Waals surface area (Å²) in [6, 6.07) is 15.3. The topological polar surface area (TPSA) is 94.6 Å². The number of aryl methyl sites for hydroxylation is 1. The van der Waals surface area contributed by atoms with Gasteiger partial charge in [-0.15, -0.1) is 0 Å². The van der Waals surface area contributed by atoms with E-state index >= 15 is 0 Å². The highest BCUT2D eigenvalue weighted by Crippen LogP contribution is 2.36. The van der Waals surface area contributed by atoms with E-state index in [1.165, 1.54) is 19.2 Å². The summed E-state index contributed by atoms with van der Waals surface area (Å²) in [7, 11) is 1.51. The maximum atomic E-state index is 12.8. The second kappa shape index (κ2) is 6.70. The van der Waals surface area contributed by atoms with Gasteiger partial charge < -0.3 is 14.5 Å². The molecule has 0 aliphatic rings. The Labute approximate surface area is 159 Å². The Morgan fingerprint density at radius 1 is 1.07 bits per heavy atom. The lowest BCUT2D eigenvalue weighted by molar-refractivity contribution is -0.384. The molecule has 0 aliphatic carbocycles. The number of benzene rings is 3. The Morgan fingerprint density at radius 3 is 2.61 bits per heavy atom. The number of ether oxygens (including phenoxy) is 1. The van der Waals surface area contributed by atoms with E-state index in [2.05, 4.69) is 5.32 Å². The molecule has 1 N–H and O–H groups in total. The van der Waals surface area contributed by atoms with Crippen LogP contribution in [0, 0.1) is 17.0 Å². The lowest BCUT2D eigenvalue weighted by Gasteiger charge is -2.11. The van der Waals surface area contributed by atoms with Gasteiger partial charge in [-0.2, -0.15) is 0 Å². The van der Waals surface area contributed by atoms with Gasteiger partial charge in [0, 0.05) is 34.5 Å². The molecular weight excluding hydrogens is 360 g/mol. The van der Waals surface area contributed by atoms with Crippen LogP contribution >= 0.6 is 0 Å². The number of nitrogens with zero attached hydrogens (tertiary/aromatic N) is 1. The van der Waals surface area contributed by atoms with Gasteiger partial charge >= 0.3 is 0 Å². The molecule has 0 saturated heterocycles. The number of furan rings is 1. The third-order valence-corrected chi connectivity index (χ3v) is 4.62. The minimum Gasteiger partial charge on any atom is -0.495 e.